The molecular formula is C26H40Cl2N4O4S. The van der Waals surface area contributed by atoms with Gasteiger partial charge in [0, 0.05) is 28.3 Å². The molecule has 0 saturated heterocycles. The quantitative estimate of drug-likeness (QED) is 0.269. The Morgan fingerprint density at radius 3 is 2.27 bits per heavy atom. The van der Waals surface area contributed by atoms with E-state index in [-0.39, 0.29) is 35.9 Å². The van der Waals surface area contributed by atoms with Gasteiger partial charge in [0.05, 0.1) is 17.5 Å². The molecule has 2 aromatic rings. The van der Waals surface area contributed by atoms with Crippen molar-refractivity contribution >= 4 is 45.6 Å². The van der Waals surface area contributed by atoms with E-state index in [1.54, 1.807) is 32.0 Å². The van der Waals surface area contributed by atoms with Gasteiger partial charge in [-0.2, -0.15) is 4.31 Å². The number of anilines is 1. The van der Waals surface area contributed by atoms with Crippen molar-refractivity contribution in [3.63, 3.8) is 0 Å². The maximum Gasteiger partial charge on any atom is 0.243 e. The highest BCUT2D eigenvalue weighted by atomic mass is 35.5. The van der Waals surface area contributed by atoms with Crippen LogP contribution >= 0.6 is 24.0 Å². The van der Waals surface area contributed by atoms with E-state index in [0.29, 0.717) is 36.4 Å². The van der Waals surface area contributed by atoms with Gasteiger partial charge in [-0.25, -0.2) is 8.42 Å². The van der Waals surface area contributed by atoms with E-state index in [4.69, 9.17) is 23.1 Å². The maximum absolute atomic E-state index is 13.3. The monoisotopic (exact) mass is 574 g/mol. The number of amides is 1. The molecule has 0 spiro atoms. The molecule has 8 nitrogen and oxygen atoms in total. The van der Waals surface area contributed by atoms with Crippen LogP contribution in [0.3, 0.4) is 0 Å². The second kappa shape index (κ2) is 14.3. The van der Waals surface area contributed by atoms with Crippen LogP contribution in [0.15, 0.2) is 53.4 Å². The predicted octanol–water partition coefficient (Wildman–Crippen LogP) is 3.74. The van der Waals surface area contributed by atoms with Crippen molar-refractivity contribution in [2.75, 3.05) is 12.3 Å². The first-order valence-corrected chi connectivity index (χ1v) is 13.9. The molecule has 0 aliphatic heterocycles. The molecule has 2 atom stereocenters. The Hall–Kier alpha value is -1.88. The fourth-order valence-electron chi connectivity index (χ4n) is 4.22. The van der Waals surface area contributed by atoms with E-state index in [1.165, 1.54) is 16.4 Å². The number of carbonyl (C=O) groups excluding carboxylic acids is 1. The molecule has 37 heavy (non-hydrogen) atoms. The first kappa shape index (κ1) is 33.1. The van der Waals surface area contributed by atoms with Crippen molar-refractivity contribution in [1.82, 2.24) is 9.62 Å². The third-order valence-electron chi connectivity index (χ3n) is 6.07. The van der Waals surface area contributed by atoms with Gasteiger partial charge < -0.3 is 21.9 Å². The van der Waals surface area contributed by atoms with E-state index in [1.807, 2.05) is 32.0 Å². The number of sulfonamides is 1. The fourth-order valence-corrected chi connectivity index (χ4v) is 6.27. The van der Waals surface area contributed by atoms with E-state index < -0.39 is 27.6 Å². The number of aliphatic hydroxyl groups excluding tert-OH is 1. The Morgan fingerprint density at radius 1 is 1.14 bits per heavy atom. The molecule has 0 heterocycles. The number of nitrogen functional groups attached to an aromatic ring is 1. The molecule has 2 rings (SSSR count). The van der Waals surface area contributed by atoms with E-state index in [0.717, 1.165) is 5.56 Å². The van der Waals surface area contributed by atoms with Gasteiger partial charge in [0.1, 0.15) is 0 Å². The Bertz CT molecular complexity index is 1110. The lowest BCUT2D eigenvalue weighted by molar-refractivity contribution is -0.124. The van der Waals surface area contributed by atoms with Crippen molar-refractivity contribution in [2.45, 2.75) is 81.9 Å². The topological polar surface area (TPSA) is 139 Å². The van der Waals surface area contributed by atoms with Gasteiger partial charge in [-0.15, -0.1) is 12.4 Å². The van der Waals surface area contributed by atoms with Crippen molar-refractivity contribution in [3.8, 4) is 0 Å². The lowest BCUT2D eigenvalue weighted by atomic mass is 9.94. The van der Waals surface area contributed by atoms with Crippen LogP contribution in [0.25, 0.3) is 0 Å². The molecule has 0 unspecified atom stereocenters. The first-order valence-electron chi connectivity index (χ1n) is 12.1. The van der Waals surface area contributed by atoms with Gasteiger partial charge in [0.2, 0.25) is 15.9 Å². The average molecular weight is 576 g/mol. The predicted molar refractivity (Wildman–Crippen MR) is 152 cm³/mol. The highest BCUT2D eigenvalue weighted by Crippen LogP contribution is 2.25. The zero-order valence-corrected chi connectivity index (χ0v) is 24.2. The lowest BCUT2D eigenvalue weighted by Crippen LogP contribution is -2.51. The van der Waals surface area contributed by atoms with E-state index >= 15 is 0 Å². The lowest BCUT2D eigenvalue weighted by Gasteiger charge is -2.34. The van der Waals surface area contributed by atoms with Crippen molar-refractivity contribution in [2.24, 2.45) is 5.73 Å². The minimum atomic E-state index is -3.84. The molecule has 0 fully saturated rings. The summed E-state index contributed by atoms with van der Waals surface area (Å²) in [6, 6.07) is 11.6. The molecule has 0 bridgehead atoms. The normalized spacial score (nSPS) is 13.8. The fraction of sp³-hybridized carbons (Fsp3) is 0.500. The number of halogens is 2. The number of carbonyl (C=O) groups is 1. The molecule has 2 aromatic carbocycles. The number of hydrogen-bond acceptors (Lipinski definition) is 6. The SMILES string of the molecule is CC(C)N([C@H](CO)CCCC(C)(C)NC(=O)[C@@H](N)Cc1ccccc1Cl)S(=O)(=O)c1ccc(N)cc1.Cl. The van der Waals surface area contributed by atoms with Crippen LogP contribution in [0, 0.1) is 0 Å². The van der Waals surface area contributed by atoms with Crippen LogP contribution < -0.4 is 16.8 Å². The number of nitrogens with two attached hydrogens (primary N) is 2. The smallest absolute Gasteiger partial charge is 0.243 e. The molecule has 0 radical (unpaired) electrons. The maximum atomic E-state index is 13.3. The highest BCUT2D eigenvalue weighted by Gasteiger charge is 2.34. The molecule has 0 aliphatic rings. The van der Waals surface area contributed by atoms with Crippen molar-refractivity contribution < 1.29 is 18.3 Å². The van der Waals surface area contributed by atoms with E-state index in [2.05, 4.69) is 5.32 Å². The molecule has 6 N–H and O–H groups in total. The second-order valence-electron chi connectivity index (χ2n) is 10.0. The van der Waals surface area contributed by atoms with Gasteiger partial charge in [0.15, 0.2) is 0 Å². The Morgan fingerprint density at radius 2 is 1.73 bits per heavy atom. The average Bonchev–Trinajstić information content (AvgIpc) is 2.79. The van der Waals surface area contributed by atoms with Gasteiger partial charge in [-0.3, -0.25) is 4.79 Å². The summed E-state index contributed by atoms with van der Waals surface area (Å²) >= 11 is 6.18. The first-order chi connectivity index (χ1) is 16.8. The van der Waals surface area contributed by atoms with Crippen molar-refractivity contribution in [3.05, 3.63) is 59.1 Å². The van der Waals surface area contributed by atoms with Crippen LogP contribution in [-0.2, 0) is 21.2 Å². The summed E-state index contributed by atoms with van der Waals surface area (Å²) < 4.78 is 28.0. The zero-order chi connectivity index (χ0) is 27.1. The number of nitrogens with one attached hydrogen (secondary N) is 1. The van der Waals surface area contributed by atoms with Crippen LogP contribution in [-0.4, -0.2) is 54.0 Å². The summed E-state index contributed by atoms with van der Waals surface area (Å²) in [5.74, 6) is -0.284. The summed E-state index contributed by atoms with van der Waals surface area (Å²) in [7, 11) is -3.84. The third-order valence-corrected chi connectivity index (χ3v) is 8.58. The molecule has 11 heteroatoms. The summed E-state index contributed by atoms with van der Waals surface area (Å²) in [5.41, 5.74) is 12.5. The van der Waals surface area contributed by atoms with Crippen LogP contribution in [0.4, 0.5) is 5.69 Å². The summed E-state index contributed by atoms with van der Waals surface area (Å²) in [6.45, 7) is 7.03. The van der Waals surface area contributed by atoms with Crippen molar-refractivity contribution in [1.29, 1.82) is 0 Å². The van der Waals surface area contributed by atoms with Crippen LogP contribution in [0.2, 0.25) is 5.02 Å². The van der Waals surface area contributed by atoms with Crippen LogP contribution in [0.5, 0.6) is 0 Å². The molecule has 0 aliphatic carbocycles. The van der Waals surface area contributed by atoms with Crippen LogP contribution in [0.1, 0.15) is 52.5 Å². The van der Waals surface area contributed by atoms with Gasteiger partial charge in [-0.1, -0.05) is 29.8 Å². The summed E-state index contributed by atoms with van der Waals surface area (Å²) in [4.78, 5) is 12.9. The Labute approximate surface area is 232 Å². The zero-order valence-electron chi connectivity index (χ0n) is 21.9. The molecular weight excluding hydrogens is 535 g/mol. The number of rotatable bonds is 13. The number of aliphatic hydroxyl groups is 1. The van der Waals surface area contributed by atoms with Gasteiger partial charge >= 0.3 is 0 Å². The Balaban J connectivity index is 0.00000684. The number of nitrogens with zero attached hydrogens (tertiary/aromatic N) is 1. The minimum absolute atomic E-state index is 0. The third kappa shape index (κ3) is 9.42. The van der Waals surface area contributed by atoms with Gasteiger partial charge in [-0.05, 0) is 89.3 Å². The largest absolute Gasteiger partial charge is 0.399 e. The summed E-state index contributed by atoms with van der Waals surface area (Å²) in [5, 5.41) is 13.6. The van der Waals surface area contributed by atoms with Gasteiger partial charge in [0.25, 0.3) is 0 Å². The second-order valence-corrected chi connectivity index (χ2v) is 12.3. The Kier molecular flexibility index (Phi) is 12.8. The number of hydrogen-bond donors (Lipinski definition) is 4. The summed E-state index contributed by atoms with van der Waals surface area (Å²) in [6.07, 6.45) is 1.90. The molecule has 1 amide bonds. The van der Waals surface area contributed by atoms with E-state index in [9.17, 15) is 18.3 Å². The minimum Gasteiger partial charge on any atom is -0.399 e. The standard InChI is InChI=1S/C26H39ClN4O4S.ClH/c1-18(2)31(36(34,35)22-13-11-20(28)12-14-22)21(17-32)9-7-15-26(3,4)30-25(33)24(29)16-19-8-5-6-10-23(19)27;/h5-6,8,10-14,18,21,24,32H,7,9,15-17,28-29H2,1-4H3,(H,30,33);1H/t21-,24-;/m0./s1. The highest BCUT2D eigenvalue weighted by molar-refractivity contribution is 7.89. The number of benzene rings is 2. The molecule has 0 saturated carbocycles. The molecule has 208 valence electrons. The molecule has 0 aromatic heterocycles.